The fourth-order valence-corrected chi connectivity index (χ4v) is 6.41. The van der Waals surface area contributed by atoms with E-state index >= 15 is 0 Å². The maximum atomic E-state index is 5.80. The van der Waals surface area contributed by atoms with E-state index in [1.54, 1.807) is 0 Å². The number of nitrogens with zero attached hydrogens (tertiary/aromatic N) is 3. The zero-order valence-corrected chi connectivity index (χ0v) is 25.5. The monoisotopic (exact) mass is 545 g/mol. The number of hydrogen-bond acceptors (Lipinski definition) is 6. The molecule has 0 amide bonds. The third-order valence-corrected chi connectivity index (χ3v) is 8.65. The molecule has 0 saturated carbocycles. The van der Waals surface area contributed by atoms with Crippen molar-refractivity contribution in [3.05, 3.63) is 0 Å². The molecule has 6 heteroatoms. The molecule has 0 saturated heterocycles. The summed E-state index contributed by atoms with van der Waals surface area (Å²) in [4.78, 5) is 13.8. The minimum absolute atomic E-state index is 0.551. The van der Waals surface area contributed by atoms with E-state index in [9.17, 15) is 0 Å². The van der Waals surface area contributed by atoms with Gasteiger partial charge in [0.2, 0.25) is 0 Å². The van der Waals surface area contributed by atoms with Crippen LogP contribution in [-0.4, -0.2) is 57.1 Å². The van der Waals surface area contributed by atoms with Crippen molar-refractivity contribution in [2.75, 3.05) is 39.5 Å². The molecule has 0 aliphatic carbocycles. The van der Waals surface area contributed by atoms with E-state index in [0.29, 0.717) is 11.8 Å². The normalized spacial score (nSPS) is 19.1. The van der Waals surface area contributed by atoms with Crippen molar-refractivity contribution in [2.24, 2.45) is 32.7 Å². The van der Waals surface area contributed by atoms with Crippen LogP contribution in [0.15, 0.2) is 15.0 Å². The molecular weight excluding hydrogens is 486 g/mol. The van der Waals surface area contributed by atoms with E-state index in [1.807, 2.05) is 0 Å². The Hall–Kier alpha value is -1.59. The molecule has 0 N–H and O–H groups in total. The summed E-state index contributed by atoms with van der Waals surface area (Å²) in [5.41, 5.74) is 0. The summed E-state index contributed by atoms with van der Waals surface area (Å²) in [6.45, 7) is 9.49. The van der Waals surface area contributed by atoms with Gasteiger partial charge in [-0.25, -0.2) is 0 Å². The van der Waals surface area contributed by atoms with Crippen molar-refractivity contribution in [1.82, 2.24) is 0 Å². The summed E-state index contributed by atoms with van der Waals surface area (Å²) in [7, 11) is 0. The van der Waals surface area contributed by atoms with Gasteiger partial charge in [-0.3, -0.25) is 15.0 Å². The molecule has 3 aliphatic rings. The van der Waals surface area contributed by atoms with Crippen molar-refractivity contribution in [2.45, 2.75) is 136 Å². The molecule has 0 fully saturated rings. The lowest BCUT2D eigenvalue weighted by atomic mass is 9.90. The van der Waals surface area contributed by atoms with E-state index in [1.165, 1.54) is 116 Å². The van der Waals surface area contributed by atoms with Crippen LogP contribution in [0.25, 0.3) is 0 Å². The highest BCUT2D eigenvalue weighted by Gasteiger charge is 2.21. The summed E-state index contributed by atoms with van der Waals surface area (Å²) >= 11 is 0. The first-order chi connectivity index (χ1) is 19.3. The Morgan fingerprint density at radius 3 is 1.49 bits per heavy atom. The van der Waals surface area contributed by atoms with Gasteiger partial charge in [0.25, 0.3) is 0 Å². The number of rotatable bonds is 24. The molecule has 3 atom stereocenters. The van der Waals surface area contributed by atoms with Crippen molar-refractivity contribution >= 4 is 17.7 Å². The van der Waals surface area contributed by atoms with E-state index in [4.69, 9.17) is 14.2 Å². The SMILES string of the molecule is CCCCC(CCCCCCCC(CCCCCCC(CCC)C1=NCCO1)CC1=NCCO1)C1=NCCO1. The van der Waals surface area contributed by atoms with Crippen LogP contribution in [-0.2, 0) is 14.2 Å². The molecule has 0 aromatic carbocycles. The molecule has 39 heavy (non-hydrogen) atoms. The lowest BCUT2D eigenvalue weighted by Crippen LogP contribution is -2.15. The first-order valence-electron chi connectivity index (χ1n) is 16.8. The molecule has 3 heterocycles. The van der Waals surface area contributed by atoms with Gasteiger partial charge in [-0.05, 0) is 44.4 Å². The van der Waals surface area contributed by atoms with Crippen LogP contribution in [0.1, 0.15) is 136 Å². The van der Waals surface area contributed by atoms with Crippen LogP contribution < -0.4 is 0 Å². The minimum atomic E-state index is 0.551. The second-order valence-electron chi connectivity index (χ2n) is 12.0. The van der Waals surface area contributed by atoms with Gasteiger partial charge in [-0.2, -0.15) is 0 Å². The molecule has 0 aromatic rings. The van der Waals surface area contributed by atoms with Gasteiger partial charge >= 0.3 is 0 Å². The smallest absolute Gasteiger partial charge is 0.186 e. The Labute approximate surface area is 239 Å². The Morgan fingerprint density at radius 1 is 0.513 bits per heavy atom. The molecule has 3 aliphatic heterocycles. The molecule has 0 aromatic heterocycles. The molecule has 6 nitrogen and oxygen atoms in total. The summed E-state index contributed by atoms with van der Waals surface area (Å²) in [6.07, 6.45) is 24.4. The van der Waals surface area contributed by atoms with Crippen molar-refractivity contribution in [1.29, 1.82) is 0 Å². The second-order valence-corrected chi connectivity index (χ2v) is 12.0. The number of ether oxygens (including phenoxy) is 3. The number of aliphatic imine (C=N–C) groups is 3. The fourth-order valence-electron chi connectivity index (χ4n) is 6.41. The molecule has 224 valence electrons. The van der Waals surface area contributed by atoms with Crippen LogP contribution in [0.2, 0.25) is 0 Å². The molecular formula is C33H59N3O3. The minimum Gasteiger partial charge on any atom is -0.479 e. The van der Waals surface area contributed by atoms with Crippen molar-refractivity contribution in [3.63, 3.8) is 0 Å². The van der Waals surface area contributed by atoms with Gasteiger partial charge in [0.1, 0.15) is 19.8 Å². The van der Waals surface area contributed by atoms with Crippen LogP contribution in [0, 0.1) is 17.8 Å². The van der Waals surface area contributed by atoms with Gasteiger partial charge in [0.15, 0.2) is 17.7 Å². The average molecular weight is 546 g/mol. The largest absolute Gasteiger partial charge is 0.479 e. The summed E-state index contributed by atoms with van der Waals surface area (Å²) in [5, 5.41) is 0. The Bertz CT molecular complexity index is 736. The van der Waals surface area contributed by atoms with Gasteiger partial charge in [0, 0.05) is 18.3 Å². The highest BCUT2D eigenvalue weighted by atomic mass is 16.5. The van der Waals surface area contributed by atoms with Crippen LogP contribution in [0.4, 0.5) is 0 Å². The standard InChI is InChI=1S/C33H59N3O3/c1-3-5-18-30(33-36-23-26-39-33)20-13-8-6-7-11-16-28(27-31-34-21-24-37-31)17-12-9-10-14-19-29(15-4-2)32-35-22-25-38-32/h28-30H,3-27H2,1-2H3. The Kier molecular flexibility index (Phi) is 16.6. The molecule has 0 bridgehead atoms. The third kappa shape index (κ3) is 13.1. The highest BCUT2D eigenvalue weighted by molar-refractivity contribution is 5.80. The molecule has 3 rings (SSSR count). The van der Waals surface area contributed by atoms with E-state index in [-0.39, 0.29) is 0 Å². The van der Waals surface area contributed by atoms with Crippen LogP contribution >= 0.6 is 0 Å². The van der Waals surface area contributed by atoms with Crippen molar-refractivity contribution < 1.29 is 14.2 Å². The lowest BCUT2D eigenvalue weighted by molar-refractivity contribution is 0.308. The van der Waals surface area contributed by atoms with Crippen LogP contribution in [0.5, 0.6) is 0 Å². The fraction of sp³-hybridized carbons (Fsp3) is 0.909. The first kappa shape index (κ1) is 31.9. The number of unbranched alkanes of at least 4 members (excludes halogenated alkanes) is 8. The topological polar surface area (TPSA) is 64.8 Å². The van der Waals surface area contributed by atoms with Gasteiger partial charge < -0.3 is 14.2 Å². The van der Waals surface area contributed by atoms with Gasteiger partial charge in [-0.1, -0.05) is 90.9 Å². The predicted molar refractivity (Wildman–Crippen MR) is 164 cm³/mol. The highest BCUT2D eigenvalue weighted by Crippen LogP contribution is 2.26. The lowest BCUT2D eigenvalue weighted by Gasteiger charge is -2.18. The molecule has 0 spiro atoms. The Morgan fingerprint density at radius 2 is 1.00 bits per heavy atom. The quantitative estimate of drug-likeness (QED) is 0.114. The summed E-state index contributed by atoms with van der Waals surface area (Å²) < 4.78 is 17.4. The predicted octanol–water partition coefficient (Wildman–Crippen LogP) is 8.57. The maximum absolute atomic E-state index is 5.80. The molecule has 3 unspecified atom stereocenters. The number of hydrogen-bond donors (Lipinski definition) is 0. The van der Waals surface area contributed by atoms with E-state index in [2.05, 4.69) is 28.8 Å². The van der Waals surface area contributed by atoms with Gasteiger partial charge in [-0.15, -0.1) is 0 Å². The van der Waals surface area contributed by atoms with E-state index in [0.717, 1.165) is 69.5 Å². The third-order valence-electron chi connectivity index (χ3n) is 8.65. The second kappa shape index (κ2) is 20.3. The Balaban J connectivity index is 1.26. The van der Waals surface area contributed by atoms with Crippen LogP contribution in [0.3, 0.4) is 0 Å². The summed E-state index contributed by atoms with van der Waals surface area (Å²) in [6, 6.07) is 0. The molecule has 0 radical (unpaired) electrons. The first-order valence-corrected chi connectivity index (χ1v) is 16.8. The zero-order chi connectivity index (χ0) is 27.4. The maximum Gasteiger partial charge on any atom is 0.186 e. The van der Waals surface area contributed by atoms with Gasteiger partial charge in [0.05, 0.1) is 19.6 Å². The average Bonchev–Trinajstić information content (AvgIpc) is 3.75. The zero-order valence-electron chi connectivity index (χ0n) is 25.5. The van der Waals surface area contributed by atoms with Crippen molar-refractivity contribution in [3.8, 4) is 0 Å². The summed E-state index contributed by atoms with van der Waals surface area (Å²) in [5.74, 6) is 4.96. The van der Waals surface area contributed by atoms with E-state index < -0.39 is 0 Å².